The van der Waals surface area contributed by atoms with Crippen molar-refractivity contribution >= 4 is 23.2 Å². The molecule has 27 heavy (non-hydrogen) atoms. The van der Waals surface area contributed by atoms with Gasteiger partial charge in [0.25, 0.3) is 5.56 Å². The van der Waals surface area contributed by atoms with Crippen molar-refractivity contribution in [1.29, 1.82) is 0 Å². The van der Waals surface area contributed by atoms with E-state index < -0.39 is 0 Å². The molecule has 0 spiro atoms. The van der Waals surface area contributed by atoms with Crippen LogP contribution >= 0.6 is 11.8 Å². The number of fused-ring (bicyclic) bond motifs is 1. The van der Waals surface area contributed by atoms with Gasteiger partial charge >= 0.3 is 0 Å². The summed E-state index contributed by atoms with van der Waals surface area (Å²) in [5.41, 5.74) is 2.65. The number of carbonyl (C=O) groups excluding carboxylic acids is 1. The maximum absolute atomic E-state index is 12.1. The second-order valence-corrected chi connectivity index (χ2v) is 8.24. The van der Waals surface area contributed by atoms with E-state index in [1.165, 1.54) is 21.8 Å². The van der Waals surface area contributed by atoms with Crippen LogP contribution in [0.2, 0.25) is 0 Å². The summed E-state index contributed by atoms with van der Waals surface area (Å²) in [4.78, 5) is 24.2. The van der Waals surface area contributed by atoms with Crippen LogP contribution in [-0.2, 0) is 11.2 Å². The van der Waals surface area contributed by atoms with E-state index in [1.807, 2.05) is 45.0 Å². The summed E-state index contributed by atoms with van der Waals surface area (Å²) in [6.07, 6.45) is 0.965. The maximum Gasteiger partial charge on any atom is 0.290 e. The molecule has 1 amide bonds. The van der Waals surface area contributed by atoms with Crippen molar-refractivity contribution in [2.45, 2.75) is 44.8 Å². The molecule has 2 N–H and O–H groups in total. The molecule has 0 aliphatic heterocycles. The van der Waals surface area contributed by atoms with E-state index >= 15 is 0 Å². The lowest BCUT2D eigenvalue weighted by Gasteiger charge is -2.20. The molecular formula is C19H23N5O2S. The first-order valence-corrected chi connectivity index (χ1v) is 9.77. The van der Waals surface area contributed by atoms with Crippen LogP contribution < -0.4 is 10.9 Å². The van der Waals surface area contributed by atoms with E-state index in [0.29, 0.717) is 16.4 Å². The van der Waals surface area contributed by atoms with Crippen molar-refractivity contribution in [3.8, 4) is 11.3 Å². The Bertz CT molecular complexity index is 1020. The standard InChI is InChI=1S/C19H23N5O2S/c1-5-12-6-8-13(9-7-12)14-10-15-17(26)21-22-18(24(15)23-14)27-11-16(25)20-19(2,3)4/h6-10H,5,11H2,1-4H3,(H,20,25)(H,21,26). The van der Waals surface area contributed by atoms with Crippen LogP contribution in [0.25, 0.3) is 16.8 Å². The number of benzene rings is 1. The minimum atomic E-state index is -0.317. The van der Waals surface area contributed by atoms with Crippen LogP contribution in [0, 0.1) is 0 Å². The second-order valence-electron chi connectivity index (χ2n) is 7.30. The minimum Gasteiger partial charge on any atom is -0.351 e. The molecule has 8 heteroatoms. The first kappa shape index (κ1) is 19.2. The normalized spacial score (nSPS) is 11.7. The molecular weight excluding hydrogens is 362 g/mol. The SMILES string of the molecule is CCc1ccc(-c2cc3c(=O)[nH]nc(SCC(=O)NC(C)(C)C)n3n2)cc1. The van der Waals surface area contributed by atoms with Gasteiger partial charge < -0.3 is 5.32 Å². The maximum atomic E-state index is 12.1. The van der Waals surface area contributed by atoms with Crippen LogP contribution in [0.15, 0.2) is 40.3 Å². The van der Waals surface area contributed by atoms with Gasteiger partial charge in [-0.2, -0.15) is 5.10 Å². The highest BCUT2D eigenvalue weighted by Crippen LogP contribution is 2.22. The Kier molecular flexibility index (Phi) is 5.36. The number of aromatic nitrogens is 4. The molecule has 0 fully saturated rings. The molecule has 0 atom stereocenters. The Morgan fingerprint density at radius 3 is 2.59 bits per heavy atom. The molecule has 2 aromatic heterocycles. The Morgan fingerprint density at radius 2 is 1.96 bits per heavy atom. The van der Waals surface area contributed by atoms with Crippen molar-refractivity contribution in [2.75, 3.05) is 5.75 Å². The first-order valence-electron chi connectivity index (χ1n) is 8.78. The van der Waals surface area contributed by atoms with Gasteiger partial charge in [0.1, 0.15) is 5.52 Å². The minimum absolute atomic E-state index is 0.101. The number of hydrogen-bond donors (Lipinski definition) is 2. The number of H-pyrrole nitrogens is 1. The molecule has 3 aromatic rings. The van der Waals surface area contributed by atoms with E-state index in [4.69, 9.17) is 0 Å². The fourth-order valence-electron chi connectivity index (χ4n) is 2.62. The number of amides is 1. The number of thioether (sulfide) groups is 1. The van der Waals surface area contributed by atoms with Gasteiger partial charge in [0.05, 0.1) is 11.4 Å². The largest absolute Gasteiger partial charge is 0.351 e. The van der Waals surface area contributed by atoms with Gasteiger partial charge in [-0.25, -0.2) is 9.61 Å². The molecule has 0 radical (unpaired) electrons. The van der Waals surface area contributed by atoms with Crippen LogP contribution in [0.4, 0.5) is 0 Å². The Hall–Kier alpha value is -2.61. The van der Waals surface area contributed by atoms with E-state index in [9.17, 15) is 9.59 Å². The van der Waals surface area contributed by atoms with Gasteiger partial charge in [0.2, 0.25) is 11.1 Å². The van der Waals surface area contributed by atoms with Crippen LogP contribution in [0.5, 0.6) is 0 Å². The summed E-state index contributed by atoms with van der Waals surface area (Å²) in [6, 6.07) is 9.82. The fourth-order valence-corrected chi connectivity index (χ4v) is 3.33. The molecule has 1 aromatic carbocycles. The summed E-state index contributed by atoms with van der Waals surface area (Å²) in [5.74, 6) is 0.0856. The third kappa shape index (κ3) is 4.57. The number of aromatic amines is 1. The Balaban J connectivity index is 1.89. The molecule has 0 saturated heterocycles. The number of nitrogens with one attached hydrogen (secondary N) is 2. The zero-order valence-electron chi connectivity index (χ0n) is 15.9. The number of aryl methyl sites for hydroxylation is 1. The molecule has 3 rings (SSSR count). The van der Waals surface area contributed by atoms with E-state index in [1.54, 1.807) is 6.07 Å². The van der Waals surface area contributed by atoms with Gasteiger partial charge in [-0.1, -0.05) is 43.0 Å². The number of rotatable bonds is 5. The van der Waals surface area contributed by atoms with E-state index in [-0.39, 0.29) is 22.8 Å². The molecule has 0 unspecified atom stereocenters. The number of hydrogen-bond acceptors (Lipinski definition) is 5. The van der Waals surface area contributed by atoms with Crippen molar-refractivity contribution < 1.29 is 4.79 Å². The second kappa shape index (κ2) is 7.56. The quantitative estimate of drug-likeness (QED) is 0.659. The van der Waals surface area contributed by atoms with Crippen molar-refractivity contribution in [2.24, 2.45) is 0 Å². The summed E-state index contributed by atoms with van der Waals surface area (Å²) in [7, 11) is 0. The highest BCUT2D eigenvalue weighted by Gasteiger charge is 2.16. The van der Waals surface area contributed by atoms with E-state index in [2.05, 4.69) is 27.5 Å². The lowest BCUT2D eigenvalue weighted by Crippen LogP contribution is -2.41. The molecule has 2 heterocycles. The first-order chi connectivity index (χ1) is 12.8. The average molecular weight is 385 g/mol. The summed E-state index contributed by atoms with van der Waals surface area (Å²) in [6.45, 7) is 7.88. The molecule has 7 nitrogen and oxygen atoms in total. The van der Waals surface area contributed by atoms with Gasteiger partial charge in [0, 0.05) is 11.1 Å². The third-order valence-electron chi connectivity index (χ3n) is 3.88. The lowest BCUT2D eigenvalue weighted by molar-refractivity contribution is -0.119. The predicted octanol–water partition coefficient (Wildman–Crippen LogP) is 2.65. The lowest BCUT2D eigenvalue weighted by atomic mass is 10.1. The molecule has 0 aliphatic carbocycles. The average Bonchev–Trinajstić information content (AvgIpc) is 3.06. The van der Waals surface area contributed by atoms with Gasteiger partial charge in [-0.15, -0.1) is 5.10 Å². The zero-order chi connectivity index (χ0) is 19.6. The monoisotopic (exact) mass is 385 g/mol. The highest BCUT2D eigenvalue weighted by atomic mass is 32.2. The van der Waals surface area contributed by atoms with Crippen LogP contribution in [0.1, 0.15) is 33.3 Å². The Labute approximate surface area is 161 Å². The van der Waals surface area contributed by atoms with Gasteiger partial charge in [-0.05, 0) is 38.8 Å². The fraction of sp³-hybridized carbons (Fsp3) is 0.368. The molecule has 0 saturated carbocycles. The summed E-state index contributed by atoms with van der Waals surface area (Å²) >= 11 is 1.23. The summed E-state index contributed by atoms with van der Waals surface area (Å²) < 4.78 is 1.50. The summed E-state index contributed by atoms with van der Waals surface area (Å²) in [5, 5.41) is 14.4. The van der Waals surface area contributed by atoms with Crippen molar-refractivity contribution in [1.82, 2.24) is 25.1 Å². The smallest absolute Gasteiger partial charge is 0.290 e. The van der Waals surface area contributed by atoms with Gasteiger partial charge in [0.15, 0.2) is 0 Å². The molecule has 0 aliphatic rings. The zero-order valence-corrected chi connectivity index (χ0v) is 16.7. The highest BCUT2D eigenvalue weighted by molar-refractivity contribution is 7.99. The third-order valence-corrected chi connectivity index (χ3v) is 4.81. The van der Waals surface area contributed by atoms with Crippen LogP contribution in [0.3, 0.4) is 0 Å². The Morgan fingerprint density at radius 1 is 1.26 bits per heavy atom. The molecule has 0 bridgehead atoms. The van der Waals surface area contributed by atoms with E-state index in [0.717, 1.165) is 12.0 Å². The van der Waals surface area contributed by atoms with Crippen molar-refractivity contribution in [3.05, 3.63) is 46.2 Å². The number of carbonyl (C=O) groups is 1. The van der Waals surface area contributed by atoms with Crippen LogP contribution in [-0.4, -0.2) is 37.0 Å². The predicted molar refractivity (Wildman–Crippen MR) is 107 cm³/mol. The van der Waals surface area contributed by atoms with Gasteiger partial charge in [-0.3, -0.25) is 9.59 Å². The van der Waals surface area contributed by atoms with Crippen molar-refractivity contribution in [3.63, 3.8) is 0 Å². The molecule has 142 valence electrons. The number of nitrogens with zero attached hydrogens (tertiary/aromatic N) is 3. The topological polar surface area (TPSA) is 92.1 Å².